The minimum Gasteiger partial charge on any atom is -0.344 e. The molecule has 1 saturated heterocycles. The average Bonchev–Trinajstić information content (AvgIpc) is 3.05. The molecule has 1 aliphatic rings. The molecule has 1 aliphatic heterocycles. The molecular weight excluding hydrogens is 331 g/mol. The fraction of sp³-hybridized carbons (Fsp3) is 0.400. The van der Waals surface area contributed by atoms with Crippen LogP contribution in [0.1, 0.15) is 47.6 Å². The largest absolute Gasteiger partial charge is 0.344 e. The van der Waals surface area contributed by atoms with E-state index in [1.54, 1.807) is 41.8 Å². The summed E-state index contributed by atoms with van der Waals surface area (Å²) in [5.74, 6) is -0.258. The van der Waals surface area contributed by atoms with Crippen molar-refractivity contribution in [2.24, 2.45) is 5.92 Å². The van der Waals surface area contributed by atoms with E-state index >= 15 is 0 Å². The highest BCUT2D eigenvalue weighted by atomic mass is 19.1. The Balaban J connectivity index is 1.77. The Morgan fingerprint density at radius 3 is 2.92 bits per heavy atom. The van der Waals surface area contributed by atoms with Crippen molar-refractivity contribution in [3.05, 3.63) is 59.2 Å². The van der Waals surface area contributed by atoms with Crippen LogP contribution < -0.4 is 10.6 Å². The maximum Gasteiger partial charge on any atom is 0.268 e. The number of carbonyl (C=O) groups is 1. The minimum atomic E-state index is -0.464. The Kier molecular flexibility index (Phi) is 5.69. The molecule has 0 saturated carbocycles. The van der Waals surface area contributed by atoms with E-state index in [1.165, 1.54) is 6.07 Å². The lowest BCUT2D eigenvalue weighted by molar-refractivity contribution is 0.0928. The zero-order chi connectivity index (χ0) is 18.5. The summed E-state index contributed by atoms with van der Waals surface area (Å²) in [7, 11) is 0. The van der Waals surface area contributed by atoms with Gasteiger partial charge in [-0.25, -0.2) is 4.39 Å². The van der Waals surface area contributed by atoms with Gasteiger partial charge in [-0.2, -0.15) is 5.26 Å². The van der Waals surface area contributed by atoms with Crippen molar-refractivity contribution in [1.82, 2.24) is 15.2 Å². The van der Waals surface area contributed by atoms with Gasteiger partial charge < -0.3 is 15.2 Å². The van der Waals surface area contributed by atoms with E-state index in [1.807, 2.05) is 0 Å². The minimum absolute atomic E-state index is 0.300. The first-order valence-corrected chi connectivity index (χ1v) is 8.95. The zero-order valence-corrected chi connectivity index (χ0v) is 14.8. The Morgan fingerprint density at radius 1 is 1.42 bits per heavy atom. The number of halogens is 1. The molecule has 26 heavy (non-hydrogen) atoms. The highest BCUT2D eigenvalue weighted by Crippen LogP contribution is 2.20. The number of hydrogen-bond acceptors (Lipinski definition) is 3. The van der Waals surface area contributed by atoms with Crippen molar-refractivity contribution in [1.29, 1.82) is 5.26 Å². The third-order valence-electron chi connectivity index (χ3n) is 4.89. The molecule has 0 aliphatic carbocycles. The summed E-state index contributed by atoms with van der Waals surface area (Å²) in [5, 5.41) is 15.6. The van der Waals surface area contributed by atoms with Crippen LogP contribution in [0.15, 0.2) is 36.4 Å². The van der Waals surface area contributed by atoms with Crippen LogP contribution in [-0.4, -0.2) is 23.6 Å². The quantitative estimate of drug-likeness (QED) is 0.867. The van der Waals surface area contributed by atoms with Crippen molar-refractivity contribution in [3.63, 3.8) is 0 Å². The first-order chi connectivity index (χ1) is 12.6. The van der Waals surface area contributed by atoms with Gasteiger partial charge in [0.15, 0.2) is 0 Å². The van der Waals surface area contributed by atoms with Crippen LogP contribution in [0.3, 0.4) is 0 Å². The van der Waals surface area contributed by atoms with E-state index < -0.39 is 6.04 Å². The number of hydrogen-bond donors (Lipinski definition) is 2. The Morgan fingerprint density at radius 2 is 2.23 bits per heavy atom. The smallest absolute Gasteiger partial charge is 0.268 e. The summed E-state index contributed by atoms with van der Waals surface area (Å²) >= 11 is 0. The summed E-state index contributed by atoms with van der Waals surface area (Å²) in [6.45, 7) is 4.27. The van der Waals surface area contributed by atoms with Crippen LogP contribution in [0.5, 0.6) is 0 Å². The molecule has 6 heteroatoms. The number of aromatic nitrogens is 1. The topological polar surface area (TPSA) is 69.8 Å². The summed E-state index contributed by atoms with van der Waals surface area (Å²) in [6.07, 6.45) is 2.17. The second-order valence-corrected chi connectivity index (χ2v) is 6.76. The van der Waals surface area contributed by atoms with Crippen LogP contribution in [0, 0.1) is 23.1 Å². The molecule has 2 heterocycles. The molecule has 0 radical (unpaired) electrons. The fourth-order valence-corrected chi connectivity index (χ4v) is 3.47. The molecule has 1 amide bonds. The number of nitrogens with zero attached hydrogens (tertiary/aromatic N) is 2. The summed E-state index contributed by atoms with van der Waals surface area (Å²) in [4.78, 5) is 12.8. The Hall–Kier alpha value is -2.65. The average molecular weight is 354 g/mol. The molecule has 1 aromatic heterocycles. The molecule has 0 bridgehead atoms. The van der Waals surface area contributed by atoms with Crippen LogP contribution in [0.4, 0.5) is 4.39 Å². The molecule has 2 N–H and O–H groups in total. The Bertz CT molecular complexity index is 817. The number of amides is 1. The Labute approximate surface area is 152 Å². The van der Waals surface area contributed by atoms with Gasteiger partial charge in [0.1, 0.15) is 23.3 Å². The predicted molar refractivity (Wildman–Crippen MR) is 97.0 cm³/mol. The molecule has 1 fully saturated rings. The number of carbonyl (C=O) groups excluding carboxylic acids is 1. The second-order valence-electron chi connectivity index (χ2n) is 6.76. The number of rotatable bonds is 5. The first-order valence-electron chi connectivity index (χ1n) is 8.95. The van der Waals surface area contributed by atoms with Crippen LogP contribution in [-0.2, 0) is 6.54 Å². The third kappa shape index (κ3) is 3.94. The third-order valence-corrected chi connectivity index (χ3v) is 4.89. The molecule has 3 rings (SSSR count). The lowest BCUT2D eigenvalue weighted by atomic mass is 9.99. The molecule has 2 aromatic rings. The lowest BCUT2D eigenvalue weighted by Crippen LogP contribution is -2.34. The molecule has 2 atom stereocenters. The van der Waals surface area contributed by atoms with Gasteiger partial charge in [0.05, 0.1) is 6.04 Å². The normalized spacial score (nSPS) is 18.1. The highest BCUT2D eigenvalue weighted by molar-refractivity contribution is 5.93. The monoisotopic (exact) mass is 354 g/mol. The summed E-state index contributed by atoms with van der Waals surface area (Å²) < 4.78 is 15.7. The van der Waals surface area contributed by atoms with Crippen LogP contribution >= 0.6 is 0 Å². The number of nitrogens with one attached hydrogen (secondary N) is 2. The SMILES string of the molecule is C[C@H](NC(=O)c1ccc(C#N)n1CC1CCCNC1)c1ccccc1F. The summed E-state index contributed by atoms with van der Waals surface area (Å²) in [5.41, 5.74) is 1.35. The molecular formula is C20H23FN4O. The van der Waals surface area contributed by atoms with Gasteiger partial charge in [-0.05, 0) is 57.0 Å². The molecule has 1 aromatic carbocycles. The van der Waals surface area contributed by atoms with Gasteiger partial charge in [-0.15, -0.1) is 0 Å². The number of benzene rings is 1. The van der Waals surface area contributed by atoms with E-state index in [4.69, 9.17) is 0 Å². The van der Waals surface area contributed by atoms with E-state index in [2.05, 4.69) is 16.7 Å². The van der Waals surface area contributed by atoms with Crippen molar-refractivity contribution in [3.8, 4) is 6.07 Å². The molecule has 0 spiro atoms. The number of piperidine rings is 1. The highest BCUT2D eigenvalue weighted by Gasteiger charge is 2.22. The van der Waals surface area contributed by atoms with Crippen molar-refractivity contribution >= 4 is 5.91 Å². The van der Waals surface area contributed by atoms with Crippen LogP contribution in [0.25, 0.3) is 0 Å². The molecule has 5 nitrogen and oxygen atoms in total. The van der Waals surface area contributed by atoms with Gasteiger partial charge in [-0.3, -0.25) is 4.79 Å². The van der Waals surface area contributed by atoms with Gasteiger partial charge in [0.2, 0.25) is 0 Å². The predicted octanol–water partition coefficient (Wildman–Crippen LogP) is 2.99. The first kappa shape index (κ1) is 18.2. The zero-order valence-electron chi connectivity index (χ0n) is 14.8. The lowest BCUT2D eigenvalue weighted by Gasteiger charge is -2.24. The standard InChI is InChI=1S/C20H23FN4O/c1-14(17-6-2-3-7-18(17)21)24-20(26)19-9-8-16(11-22)25(19)13-15-5-4-10-23-12-15/h2-3,6-9,14-15,23H,4-5,10,12-13H2,1H3,(H,24,26)/t14-,15?/m0/s1. The summed E-state index contributed by atoms with van der Waals surface area (Å²) in [6, 6.07) is 11.4. The molecule has 1 unspecified atom stereocenters. The van der Waals surface area contributed by atoms with Gasteiger partial charge >= 0.3 is 0 Å². The van der Waals surface area contributed by atoms with Crippen molar-refractivity contribution < 1.29 is 9.18 Å². The van der Waals surface area contributed by atoms with Gasteiger partial charge in [0, 0.05) is 12.1 Å². The molecule has 136 valence electrons. The maximum absolute atomic E-state index is 13.9. The number of nitriles is 1. The van der Waals surface area contributed by atoms with Gasteiger partial charge in [-0.1, -0.05) is 18.2 Å². The fourth-order valence-electron chi connectivity index (χ4n) is 3.47. The van der Waals surface area contributed by atoms with Crippen molar-refractivity contribution in [2.75, 3.05) is 13.1 Å². The van der Waals surface area contributed by atoms with E-state index in [0.717, 1.165) is 25.9 Å². The second kappa shape index (κ2) is 8.15. The van der Waals surface area contributed by atoms with E-state index in [0.29, 0.717) is 29.4 Å². The van der Waals surface area contributed by atoms with Crippen LogP contribution in [0.2, 0.25) is 0 Å². The van der Waals surface area contributed by atoms with E-state index in [-0.39, 0.29) is 11.7 Å². The maximum atomic E-state index is 13.9. The van der Waals surface area contributed by atoms with E-state index in [9.17, 15) is 14.4 Å². The van der Waals surface area contributed by atoms with Gasteiger partial charge in [0.25, 0.3) is 5.91 Å². The van der Waals surface area contributed by atoms with Crippen molar-refractivity contribution in [2.45, 2.75) is 32.4 Å².